The van der Waals surface area contributed by atoms with E-state index in [9.17, 15) is 0 Å². The molecule has 0 saturated carbocycles. The van der Waals surface area contributed by atoms with Crippen molar-refractivity contribution in [3.63, 3.8) is 0 Å². The third kappa shape index (κ3) is 2.17. The minimum atomic E-state index is 0.517. The van der Waals surface area contributed by atoms with E-state index in [2.05, 4.69) is 25.1 Å². The monoisotopic (exact) mass is 286 g/mol. The first kappa shape index (κ1) is 12.5. The largest absolute Gasteiger partial charge is 0.380 e. The molecule has 3 heterocycles. The van der Waals surface area contributed by atoms with Crippen LogP contribution in [-0.4, -0.2) is 30.5 Å². The van der Waals surface area contributed by atoms with Gasteiger partial charge in [-0.15, -0.1) is 11.3 Å². The van der Waals surface area contributed by atoms with Crippen LogP contribution in [0.2, 0.25) is 0 Å². The van der Waals surface area contributed by atoms with E-state index in [1.165, 1.54) is 27.4 Å². The summed E-state index contributed by atoms with van der Waals surface area (Å²) in [6, 6.07) is 6.62. The molecule has 0 amide bonds. The molecule has 2 aliphatic rings. The molecule has 104 valence electrons. The Kier molecular flexibility index (Phi) is 3.08. The zero-order valence-corrected chi connectivity index (χ0v) is 12.4. The lowest BCUT2D eigenvalue weighted by Gasteiger charge is -2.23. The molecular formula is C16H18N2OS. The number of thiazole rings is 1. The predicted octanol–water partition coefficient (Wildman–Crippen LogP) is 3.63. The van der Waals surface area contributed by atoms with Crippen LogP contribution < -0.4 is 0 Å². The van der Waals surface area contributed by atoms with Gasteiger partial charge in [0.2, 0.25) is 0 Å². The average Bonchev–Trinajstić information content (AvgIpc) is 2.79. The van der Waals surface area contributed by atoms with Crippen molar-refractivity contribution in [1.82, 2.24) is 4.98 Å². The lowest BCUT2D eigenvalue weighted by atomic mass is 9.96. The summed E-state index contributed by atoms with van der Waals surface area (Å²) in [5, 5.41) is 1.22. The lowest BCUT2D eigenvalue weighted by molar-refractivity contribution is 0.00842. The van der Waals surface area contributed by atoms with Crippen LogP contribution in [0.25, 0.3) is 10.2 Å². The van der Waals surface area contributed by atoms with Crippen LogP contribution in [0.1, 0.15) is 36.3 Å². The van der Waals surface area contributed by atoms with Gasteiger partial charge in [-0.1, -0.05) is 13.0 Å². The SMILES string of the molecule is C[C@H]1CCC(c2ccc3sc(C4COC4)nc3c2)=NC1. The second-order valence-electron chi connectivity index (χ2n) is 5.90. The maximum atomic E-state index is 5.26. The molecule has 1 aromatic heterocycles. The molecule has 4 rings (SSSR count). The van der Waals surface area contributed by atoms with Crippen molar-refractivity contribution >= 4 is 27.3 Å². The molecule has 0 N–H and O–H groups in total. The van der Waals surface area contributed by atoms with Crippen molar-refractivity contribution in [1.29, 1.82) is 0 Å². The zero-order valence-electron chi connectivity index (χ0n) is 11.6. The summed E-state index contributed by atoms with van der Waals surface area (Å²) in [6.07, 6.45) is 2.35. The van der Waals surface area contributed by atoms with Gasteiger partial charge in [-0.25, -0.2) is 4.98 Å². The van der Waals surface area contributed by atoms with Gasteiger partial charge < -0.3 is 4.74 Å². The Morgan fingerprint density at radius 1 is 1.30 bits per heavy atom. The molecule has 0 unspecified atom stereocenters. The Bertz CT molecular complexity index is 672. The third-order valence-electron chi connectivity index (χ3n) is 4.19. The fraction of sp³-hybridized carbons (Fsp3) is 0.500. The van der Waals surface area contributed by atoms with E-state index >= 15 is 0 Å². The van der Waals surface area contributed by atoms with Gasteiger partial charge in [-0.05, 0) is 36.5 Å². The molecule has 2 aromatic rings. The van der Waals surface area contributed by atoms with E-state index in [0.29, 0.717) is 5.92 Å². The van der Waals surface area contributed by atoms with Crippen molar-refractivity contribution in [2.45, 2.75) is 25.7 Å². The maximum Gasteiger partial charge on any atom is 0.102 e. The van der Waals surface area contributed by atoms with Gasteiger partial charge in [-0.3, -0.25) is 4.99 Å². The predicted molar refractivity (Wildman–Crippen MR) is 83.0 cm³/mol. The van der Waals surface area contributed by atoms with Crippen molar-refractivity contribution in [3.05, 3.63) is 28.8 Å². The van der Waals surface area contributed by atoms with E-state index < -0.39 is 0 Å². The number of hydrogen-bond acceptors (Lipinski definition) is 4. The van der Waals surface area contributed by atoms with Crippen LogP contribution in [-0.2, 0) is 4.74 Å². The quantitative estimate of drug-likeness (QED) is 0.845. The summed E-state index contributed by atoms with van der Waals surface area (Å²) in [7, 11) is 0. The van der Waals surface area contributed by atoms with E-state index in [1.807, 2.05) is 0 Å². The second-order valence-corrected chi connectivity index (χ2v) is 6.96. The van der Waals surface area contributed by atoms with Gasteiger partial charge in [-0.2, -0.15) is 0 Å². The second kappa shape index (κ2) is 4.93. The smallest absolute Gasteiger partial charge is 0.102 e. The Morgan fingerprint density at radius 3 is 2.90 bits per heavy atom. The Balaban J connectivity index is 1.67. The van der Waals surface area contributed by atoms with Crippen molar-refractivity contribution in [2.75, 3.05) is 19.8 Å². The highest BCUT2D eigenvalue weighted by Gasteiger charge is 2.24. The first-order chi connectivity index (χ1) is 9.79. The van der Waals surface area contributed by atoms with Gasteiger partial charge in [0.15, 0.2) is 0 Å². The molecule has 1 aromatic carbocycles. The van der Waals surface area contributed by atoms with Crippen LogP contribution in [0.5, 0.6) is 0 Å². The molecule has 0 radical (unpaired) electrons. The van der Waals surface area contributed by atoms with E-state index in [4.69, 9.17) is 14.7 Å². The topological polar surface area (TPSA) is 34.5 Å². The van der Waals surface area contributed by atoms with Crippen LogP contribution in [0, 0.1) is 5.92 Å². The summed E-state index contributed by atoms with van der Waals surface area (Å²) < 4.78 is 6.54. The number of fused-ring (bicyclic) bond motifs is 1. The van der Waals surface area contributed by atoms with E-state index in [1.54, 1.807) is 11.3 Å². The van der Waals surface area contributed by atoms with Gasteiger partial charge in [0.1, 0.15) is 5.01 Å². The summed E-state index contributed by atoms with van der Waals surface area (Å²) >= 11 is 1.81. The fourth-order valence-electron chi connectivity index (χ4n) is 2.73. The average molecular weight is 286 g/mol. The van der Waals surface area contributed by atoms with Gasteiger partial charge in [0, 0.05) is 12.3 Å². The van der Waals surface area contributed by atoms with Crippen LogP contribution >= 0.6 is 11.3 Å². The fourth-order valence-corrected chi connectivity index (χ4v) is 3.75. The summed E-state index contributed by atoms with van der Waals surface area (Å²) in [5.74, 6) is 1.25. The van der Waals surface area contributed by atoms with Gasteiger partial charge in [0.05, 0.1) is 29.3 Å². The summed E-state index contributed by atoms with van der Waals surface area (Å²) in [5.41, 5.74) is 3.63. The minimum Gasteiger partial charge on any atom is -0.380 e. The third-order valence-corrected chi connectivity index (χ3v) is 5.39. The standard InChI is InChI=1S/C16H18N2OS/c1-10-2-4-13(17-7-10)11-3-5-15-14(6-11)18-16(20-15)12-8-19-9-12/h3,5-6,10,12H,2,4,7-9H2,1H3/t10-/m0/s1. The number of aliphatic imine (C=N–C) groups is 1. The van der Waals surface area contributed by atoms with Crippen molar-refractivity contribution in [3.8, 4) is 0 Å². The molecule has 20 heavy (non-hydrogen) atoms. The molecule has 1 saturated heterocycles. The number of hydrogen-bond donors (Lipinski definition) is 0. The molecule has 1 atom stereocenters. The number of rotatable bonds is 2. The molecule has 4 heteroatoms. The van der Waals surface area contributed by atoms with E-state index in [0.717, 1.165) is 37.6 Å². The number of ether oxygens (including phenoxy) is 1. The van der Waals surface area contributed by atoms with Crippen LogP contribution in [0.15, 0.2) is 23.2 Å². The highest BCUT2D eigenvalue weighted by atomic mass is 32.1. The maximum absolute atomic E-state index is 5.26. The first-order valence-electron chi connectivity index (χ1n) is 7.31. The Hall–Kier alpha value is -1.26. The molecular weight excluding hydrogens is 268 g/mol. The number of nitrogens with zero attached hydrogens (tertiary/aromatic N) is 2. The molecule has 1 fully saturated rings. The molecule has 0 aliphatic carbocycles. The zero-order chi connectivity index (χ0) is 13.5. The Labute approximate surface area is 122 Å². The van der Waals surface area contributed by atoms with Crippen molar-refractivity contribution < 1.29 is 4.74 Å². The molecule has 0 spiro atoms. The van der Waals surface area contributed by atoms with Crippen LogP contribution in [0.4, 0.5) is 0 Å². The number of aromatic nitrogens is 1. The van der Waals surface area contributed by atoms with Crippen molar-refractivity contribution in [2.24, 2.45) is 10.9 Å². The highest BCUT2D eigenvalue weighted by molar-refractivity contribution is 7.18. The Morgan fingerprint density at radius 2 is 2.20 bits per heavy atom. The van der Waals surface area contributed by atoms with Gasteiger partial charge >= 0.3 is 0 Å². The molecule has 0 bridgehead atoms. The number of benzene rings is 1. The van der Waals surface area contributed by atoms with Gasteiger partial charge in [0.25, 0.3) is 0 Å². The van der Waals surface area contributed by atoms with Crippen LogP contribution in [0.3, 0.4) is 0 Å². The molecule has 2 aliphatic heterocycles. The highest BCUT2D eigenvalue weighted by Crippen LogP contribution is 2.32. The normalized spacial score (nSPS) is 23.6. The minimum absolute atomic E-state index is 0.517. The summed E-state index contributed by atoms with van der Waals surface area (Å²) in [6.45, 7) is 4.90. The first-order valence-corrected chi connectivity index (χ1v) is 8.13. The molecule has 3 nitrogen and oxygen atoms in total. The van der Waals surface area contributed by atoms with E-state index in [-0.39, 0.29) is 0 Å². The lowest BCUT2D eigenvalue weighted by Crippen LogP contribution is -2.24. The summed E-state index contributed by atoms with van der Waals surface area (Å²) in [4.78, 5) is 9.52.